The monoisotopic (exact) mass is 269 g/mol. The Morgan fingerprint density at radius 2 is 2.15 bits per heavy atom. The summed E-state index contributed by atoms with van der Waals surface area (Å²) in [6.07, 6.45) is 1.69. The van der Waals surface area contributed by atoms with Crippen LogP contribution in [0.3, 0.4) is 0 Å². The Morgan fingerprint density at radius 1 is 1.25 bits per heavy atom. The maximum absolute atomic E-state index is 5.53. The number of hydrogen-bond acceptors (Lipinski definition) is 5. The van der Waals surface area contributed by atoms with Crippen LogP contribution in [0, 0.1) is 5.92 Å². The molecule has 0 aliphatic carbocycles. The zero-order valence-corrected chi connectivity index (χ0v) is 11.2. The van der Waals surface area contributed by atoms with E-state index in [1.807, 2.05) is 24.3 Å². The van der Waals surface area contributed by atoms with Crippen molar-refractivity contribution in [3.8, 4) is 11.4 Å². The molecule has 5 heteroatoms. The van der Waals surface area contributed by atoms with Crippen molar-refractivity contribution in [1.29, 1.82) is 0 Å². The van der Waals surface area contributed by atoms with E-state index in [1.54, 1.807) is 6.26 Å². The van der Waals surface area contributed by atoms with Gasteiger partial charge in [0, 0.05) is 11.9 Å². The van der Waals surface area contributed by atoms with Crippen LogP contribution in [0.2, 0.25) is 0 Å². The Kier molecular flexibility index (Phi) is 2.60. The van der Waals surface area contributed by atoms with E-state index in [9.17, 15) is 0 Å². The molecule has 0 spiro atoms. The van der Waals surface area contributed by atoms with Crippen LogP contribution < -0.4 is 5.32 Å². The highest BCUT2D eigenvalue weighted by Gasteiger charge is 2.30. The Labute approximate surface area is 116 Å². The van der Waals surface area contributed by atoms with Gasteiger partial charge in [-0.2, -0.15) is 4.98 Å². The van der Waals surface area contributed by atoms with Crippen molar-refractivity contribution < 1.29 is 8.94 Å². The topological polar surface area (TPSA) is 64.1 Å². The third-order valence-corrected chi connectivity index (χ3v) is 4.00. The van der Waals surface area contributed by atoms with Gasteiger partial charge >= 0.3 is 0 Å². The fraction of sp³-hybridized carbons (Fsp3) is 0.333. The van der Waals surface area contributed by atoms with Crippen LogP contribution in [-0.4, -0.2) is 23.2 Å². The number of rotatable bonds is 2. The molecule has 0 saturated carbocycles. The molecule has 1 fully saturated rings. The van der Waals surface area contributed by atoms with Crippen LogP contribution in [0.15, 0.2) is 39.5 Å². The summed E-state index contributed by atoms with van der Waals surface area (Å²) in [5, 5.41) is 8.47. The molecule has 2 atom stereocenters. The normalized spacial score (nSPS) is 22.6. The summed E-state index contributed by atoms with van der Waals surface area (Å²) in [5.74, 6) is 2.13. The van der Waals surface area contributed by atoms with Gasteiger partial charge in [-0.05, 0) is 18.5 Å². The first-order chi connectivity index (χ1) is 9.83. The molecule has 20 heavy (non-hydrogen) atoms. The third kappa shape index (κ3) is 1.74. The third-order valence-electron chi connectivity index (χ3n) is 4.00. The minimum atomic E-state index is 0.300. The van der Waals surface area contributed by atoms with E-state index in [-0.39, 0.29) is 0 Å². The average Bonchev–Trinajstić information content (AvgIpc) is 3.15. The summed E-state index contributed by atoms with van der Waals surface area (Å²) >= 11 is 0. The highest BCUT2D eigenvalue weighted by molar-refractivity contribution is 5.91. The molecule has 3 heterocycles. The Hall–Kier alpha value is -2.14. The average molecular weight is 269 g/mol. The van der Waals surface area contributed by atoms with E-state index in [2.05, 4.69) is 22.4 Å². The maximum atomic E-state index is 5.53. The summed E-state index contributed by atoms with van der Waals surface area (Å²) < 4.78 is 11.0. The second kappa shape index (κ2) is 4.45. The van der Waals surface area contributed by atoms with Crippen molar-refractivity contribution in [2.45, 2.75) is 12.8 Å². The predicted molar refractivity (Wildman–Crippen MR) is 74.3 cm³/mol. The van der Waals surface area contributed by atoms with Gasteiger partial charge in [-0.15, -0.1) is 0 Å². The van der Waals surface area contributed by atoms with Crippen molar-refractivity contribution >= 4 is 11.0 Å². The van der Waals surface area contributed by atoms with Crippen molar-refractivity contribution in [2.24, 2.45) is 5.92 Å². The van der Waals surface area contributed by atoms with Gasteiger partial charge in [0.05, 0.1) is 11.5 Å². The zero-order valence-electron chi connectivity index (χ0n) is 11.2. The van der Waals surface area contributed by atoms with E-state index >= 15 is 0 Å². The quantitative estimate of drug-likeness (QED) is 0.775. The Morgan fingerprint density at radius 3 is 3.00 bits per heavy atom. The SMILES string of the molecule is C[C@@H]1CNC[C@H]1c1nc(-c2coc3ccccc23)no1. The highest BCUT2D eigenvalue weighted by atomic mass is 16.5. The summed E-state index contributed by atoms with van der Waals surface area (Å²) in [5.41, 5.74) is 1.72. The molecule has 1 aromatic carbocycles. The molecule has 0 amide bonds. The molecule has 1 aliphatic heterocycles. The Bertz CT molecular complexity index is 746. The molecule has 4 rings (SSSR count). The van der Waals surface area contributed by atoms with Crippen molar-refractivity contribution in [3.05, 3.63) is 36.4 Å². The maximum Gasteiger partial charge on any atom is 0.231 e. The number of hydrogen-bond donors (Lipinski definition) is 1. The van der Waals surface area contributed by atoms with Crippen LogP contribution in [0.4, 0.5) is 0 Å². The van der Waals surface area contributed by atoms with E-state index in [4.69, 9.17) is 8.94 Å². The van der Waals surface area contributed by atoms with Crippen molar-refractivity contribution in [2.75, 3.05) is 13.1 Å². The lowest BCUT2D eigenvalue weighted by atomic mass is 9.98. The first-order valence-electron chi connectivity index (χ1n) is 6.84. The predicted octanol–water partition coefficient (Wildman–Crippen LogP) is 2.81. The van der Waals surface area contributed by atoms with Crippen LogP contribution in [-0.2, 0) is 0 Å². The summed E-state index contributed by atoms with van der Waals surface area (Å²) in [6.45, 7) is 4.09. The van der Waals surface area contributed by atoms with Gasteiger partial charge in [-0.25, -0.2) is 0 Å². The fourth-order valence-corrected chi connectivity index (χ4v) is 2.79. The second-order valence-electron chi connectivity index (χ2n) is 5.34. The summed E-state index contributed by atoms with van der Waals surface area (Å²) in [7, 11) is 0. The lowest BCUT2D eigenvalue weighted by Crippen LogP contribution is -2.08. The molecular weight excluding hydrogens is 254 g/mol. The fourth-order valence-electron chi connectivity index (χ4n) is 2.79. The van der Waals surface area contributed by atoms with Crippen molar-refractivity contribution in [1.82, 2.24) is 15.5 Å². The van der Waals surface area contributed by atoms with Gasteiger partial charge in [-0.1, -0.05) is 30.3 Å². The smallest absolute Gasteiger partial charge is 0.231 e. The summed E-state index contributed by atoms with van der Waals surface area (Å²) in [4.78, 5) is 4.56. The number of nitrogens with zero attached hydrogens (tertiary/aromatic N) is 2. The molecule has 2 aromatic heterocycles. The van der Waals surface area contributed by atoms with E-state index in [0.717, 1.165) is 29.6 Å². The number of para-hydroxylation sites is 1. The van der Waals surface area contributed by atoms with Gasteiger partial charge in [0.1, 0.15) is 11.8 Å². The lowest BCUT2D eigenvalue weighted by molar-refractivity contribution is 0.340. The first kappa shape index (κ1) is 11.7. The Balaban J connectivity index is 1.74. The molecule has 1 saturated heterocycles. The number of furan rings is 1. The summed E-state index contributed by atoms with van der Waals surface area (Å²) in [6, 6.07) is 7.86. The molecular formula is C15H15N3O2. The molecule has 0 bridgehead atoms. The molecule has 0 radical (unpaired) electrons. The second-order valence-corrected chi connectivity index (χ2v) is 5.34. The van der Waals surface area contributed by atoms with Crippen LogP contribution in [0.25, 0.3) is 22.4 Å². The van der Waals surface area contributed by atoms with E-state index < -0.39 is 0 Å². The zero-order chi connectivity index (χ0) is 13.5. The number of benzene rings is 1. The molecule has 0 unspecified atom stereocenters. The minimum absolute atomic E-state index is 0.300. The van der Waals surface area contributed by atoms with Gasteiger partial charge < -0.3 is 14.3 Å². The van der Waals surface area contributed by atoms with E-state index in [1.165, 1.54) is 0 Å². The first-order valence-corrected chi connectivity index (χ1v) is 6.84. The van der Waals surface area contributed by atoms with Crippen LogP contribution in [0.1, 0.15) is 18.7 Å². The molecule has 1 aliphatic rings. The number of nitrogens with one attached hydrogen (secondary N) is 1. The van der Waals surface area contributed by atoms with Gasteiger partial charge in [-0.3, -0.25) is 0 Å². The van der Waals surface area contributed by atoms with Crippen LogP contribution >= 0.6 is 0 Å². The lowest BCUT2D eigenvalue weighted by Gasteiger charge is -2.07. The van der Waals surface area contributed by atoms with Gasteiger partial charge in [0.15, 0.2) is 0 Å². The largest absolute Gasteiger partial charge is 0.464 e. The van der Waals surface area contributed by atoms with Crippen LogP contribution in [0.5, 0.6) is 0 Å². The number of aromatic nitrogens is 2. The molecule has 102 valence electrons. The molecule has 1 N–H and O–H groups in total. The molecule has 5 nitrogen and oxygen atoms in total. The highest BCUT2D eigenvalue weighted by Crippen LogP contribution is 2.31. The standard InChI is InChI=1S/C15H15N3O2/c1-9-6-16-7-11(9)15-17-14(18-20-15)12-8-19-13-5-3-2-4-10(12)13/h2-5,8-9,11,16H,6-7H2,1H3/t9-,11-/m1/s1. The van der Waals surface area contributed by atoms with Gasteiger partial charge in [0.2, 0.25) is 11.7 Å². The number of fused-ring (bicyclic) bond motifs is 1. The van der Waals surface area contributed by atoms with E-state index in [0.29, 0.717) is 23.6 Å². The van der Waals surface area contributed by atoms with Gasteiger partial charge in [0.25, 0.3) is 0 Å². The minimum Gasteiger partial charge on any atom is -0.464 e. The van der Waals surface area contributed by atoms with Crippen molar-refractivity contribution in [3.63, 3.8) is 0 Å². The molecule has 3 aromatic rings.